The Morgan fingerprint density at radius 3 is 2.69 bits per heavy atom. The highest BCUT2D eigenvalue weighted by Crippen LogP contribution is 2.31. The number of nitrogens with zero attached hydrogens (tertiary/aromatic N) is 1. The molecule has 0 bridgehead atoms. The minimum atomic E-state index is -2.57. The normalized spacial score (nSPS) is 10.6. The SMILES string of the molecule is COc1cc(C(F)F)nc(I)c1Br. The molecule has 0 aliphatic carbocycles. The Kier molecular flexibility index (Phi) is 3.84. The van der Waals surface area contributed by atoms with E-state index >= 15 is 0 Å². The van der Waals surface area contributed by atoms with Gasteiger partial charge in [-0.3, -0.25) is 0 Å². The lowest BCUT2D eigenvalue weighted by molar-refractivity contribution is 0.145. The standard InChI is InChI=1S/C7H5BrF2INO/c1-13-4-2-3(6(9)10)12-7(11)5(4)8/h2,6H,1H3. The highest BCUT2D eigenvalue weighted by molar-refractivity contribution is 14.1. The van der Waals surface area contributed by atoms with Crippen molar-refractivity contribution in [2.45, 2.75) is 6.43 Å². The number of hydrogen-bond donors (Lipinski definition) is 0. The first kappa shape index (κ1) is 11.1. The Labute approximate surface area is 96.0 Å². The first-order valence-corrected chi connectivity index (χ1v) is 5.11. The van der Waals surface area contributed by atoms with Crippen molar-refractivity contribution in [3.05, 3.63) is 19.9 Å². The van der Waals surface area contributed by atoms with E-state index in [0.717, 1.165) is 0 Å². The van der Waals surface area contributed by atoms with Gasteiger partial charge in [-0.25, -0.2) is 13.8 Å². The van der Waals surface area contributed by atoms with Gasteiger partial charge in [0.2, 0.25) is 0 Å². The maximum absolute atomic E-state index is 12.3. The molecule has 0 radical (unpaired) electrons. The summed E-state index contributed by atoms with van der Waals surface area (Å²) in [7, 11) is 1.42. The van der Waals surface area contributed by atoms with E-state index in [1.165, 1.54) is 13.2 Å². The van der Waals surface area contributed by atoms with E-state index in [-0.39, 0.29) is 5.69 Å². The Hall–Kier alpha value is 0.0200. The molecule has 0 saturated carbocycles. The fourth-order valence-electron chi connectivity index (χ4n) is 0.754. The van der Waals surface area contributed by atoms with Gasteiger partial charge in [-0.05, 0) is 38.5 Å². The van der Waals surface area contributed by atoms with Crippen LogP contribution < -0.4 is 4.74 Å². The topological polar surface area (TPSA) is 22.1 Å². The minimum Gasteiger partial charge on any atom is -0.495 e. The third-order valence-electron chi connectivity index (χ3n) is 1.35. The number of aromatic nitrogens is 1. The van der Waals surface area contributed by atoms with Gasteiger partial charge >= 0.3 is 0 Å². The highest BCUT2D eigenvalue weighted by Gasteiger charge is 2.14. The molecule has 72 valence electrons. The molecule has 0 atom stereocenters. The molecule has 0 aromatic carbocycles. The van der Waals surface area contributed by atoms with E-state index in [1.54, 1.807) is 0 Å². The van der Waals surface area contributed by atoms with Crippen molar-refractivity contribution in [3.8, 4) is 5.75 Å². The van der Waals surface area contributed by atoms with E-state index in [1.807, 2.05) is 22.6 Å². The van der Waals surface area contributed by atoms with Gasteiger partial charge in [0, 0.05) is 6.07 Å². The fraction of sp³-hybridized carbons (Fsp3) is 0.286. The Morgan fingerprint density at radius 1 is 1.62 bits per heavy atom. The molecule has 1 aromatic heterocycles. The van der Waals surface area contributed by atoms with Gasteiger partial charge < -0.3 is 4.74 Å². The molecule has 2 nitrogen and oxygen atoms in total. The number of halogens is 4. The maximum atomic E-state index is 12.3. The zero-order chi connectivity index (χ0) is 10.0. The maximum Gasteiger partial charge on any atom is 0.280 e. The molecular formula is C7H5BrF2INO. The molecule has 0 aliphatic rings. The van der Waals surface area contributed by atoms with Crippen LogP contribution in [0, 0.1) is 3.70 Å². The van der Waals surface area contributed by atoms with Crippen LogP contribution in [0.5, 0.6) is 5.75 Å². The van der Waals surface area contributed by atoms with Crippen molar-refractivity contribution in [2.75, 3.05) is 7.11 Å². The molecule has 13 heavy (non-hydrogen) atoms. The van der Waals surface area contributed by atoms with E-state index in [2.05, 4.69) is 20.9 Å². The molecule has 0 unspecified atom stereocenters. The average molecular weight is 364 g/mol. The van der Waals surface area contributed by atoms with Crippen LogP contribution in [0.4, 0.5) is 8.78 Å². The van der Waals surface area contributed by atoms with Gasteiger partial charge in [-0.15, -0.1) is 0 Å². The molecule has 1 rings (SSSR count). The number of hydrogen-bond acceptors (Lipinski definition) is 2. The summed E-state index contributed by atoms with van der Waals surface area (Å²) in [5.74, 6) is 0.370. The van der Waals surface area contributed by atoms with Crippen molar-refractivity contribution in [1.29, 1.82) is 0 Å². The summed E-state index contributed by atoms with van der Waals surface area (Å²) < 4.78 is 30.5. The summed E-state index contributed by atoms with van der Waals surface area (Å²) in [4.78, 5) is 3.69. The highest BCUT2D eigenvalue weighted by atomic mass is 127. The number of rotatable bonds is 2. The van der Waals surface area contributed by atoms with Crippen LogP contribution in [0.15, 0.2) is 10.5 Å². The summed E-state index contributed by atoms with van der Waals surface area (Å²) in [6.45, 7) is 0. The first-order valence-electron chi connectivity index (χ1n) is 3.24. The van der Waals surface area contributed by atoms with Crippen molar-refractivity contribution >= 4 is 38.5 Å². The smallest absolute Gasteiger partial charge is 0.280 e. The van der Waals surface area contributed by atoms with Crippen LogP contribution in [0.1, 0.15) is 12.1 Å². The molecular weight excluding hydrogens is 359 g/mol. The summed E-state index contributed by atoms with van der Waals surface area (Å²) in [6.07, 6.45) is -2.57. The van der Waals surface area contributed by atoms with Crippen LogP contribution in [-0.2, 0) is 0 Å². The van der Waals surface area contributed by atoms with Crippen molar-refractivity contribution in [2.24, 2.45) is 0 Å². The largest absolute Gasteiger partial charge is 0.495 e. The quantitative estimate of drug-likeness (QED) is 0.593. The second-order valence-electron chi connectivity index (χ2n) is 2.15. The van der Waals surface area contributed by atoms with Crippen molar-refractivity contribution < 1.29 is 13.5 Å². The van der Waals surface area contributed by atoms with Crippen LogP contribution in [-0.4, -0.2) is 12.1 Å². The van der Waals surface area contributed by atoms with Crippen LogP contribution in [0.25, 0.3) is 0 Å². The summed E-state index contributed by atoms with van der Waals surface area (Å²) >= 11 is 5.04. The van der Waals surface area contributed by atoms with Gasteiger partial charge in [-0.1, -0.05) is 0 Å². The predicted molar refractivity (Wildman–Crippen MR) is 56.2 cm³/mol. The fourth-order valence-corrected chi connectivity index (χ4v) is 1.66. The lowest BCUT2D eigenvalue weighted by Gasteiger charge is -2.07. The summed E-state index contributed by atoms with van der Waals surface area (Å²) in [6, 6.07) is 1.22. The number of alkyl halides is 2. The summed E-state index contributed by atoms with van der Waals surface area (Å²) in [5, 5.41) is 0. The molecule has 6 heteroatoms. The first-order chi connectivity index (χ1) is 6.06. The van der Waals surface area contributed by atoms with Crippen molar-refractivity contribution in [1.82, 2.24) is 4.98 Å². The zero-order valence-electron chi connectivity index (χ0n) is 6.52. The molecule has 0 aliphatic heterocycles. The van der Waals surface area contributed by atoms with Gasteiger partial charge in [0.1, 0.15) is 15.1 Å². The number of methoxy groups -OCH3 is 1. The van der Waals surface area contributed by atoms with E-state index in [0.29, 0.717) is 13.9 Å². The third-order valence-corrected chi connectivity index (χ3v) is 3.64. The lowest BCUT2D eigenvalue weighted by atomic mass is 10.3. The lowest BCUT2D eigenvalue weighted by Crippen LogP contribution is -1.96. The minimum absolute atomic E-state index is 0.274. The van der Waals surface area contributed by atoms with Crippen LogP contribution >= 0.6 is 38.5 Å². The zero-order valence-corrected chi connectivity index (χ0v) is 10.3. The van der Waals surface area contributed by atoms with Gasteiger partial charge in [0.15, 0.2) is 0 Å². The molecule has 0 saturated heterocycles. The number of pyridine rings is 1. The van der Waals surface area contributed by atoms with E-state index in [4.69, 9.17) is 4.74 Å². The molecule has 0 amide bonds. The number of ether oxygens (including phenoxy) is 1. The molecule has 0 fully saturated rings. The van der Waals surface area contributed by atoms with E-state index in [9.17, 15) is 8.78 Å². The van der Waals surface area contributed by atoms with Crippen molar-refractivity contribution in [3.63, 3.8) is 0 Å². The molecule has 1 heterocycles. The molecule has 0 spiro atoms. The predicted octanol–water partition coefficient (Wildman–Crippen LogP) is 3.39. The average Bonchev–Trinajstić information content (AvgIpc) is 2.09. The van der Waals surface area contributed by atoms with Gasteiger partial charge in [0.05, 0.1) is 11.6 Å². The summed E-state index contributed by atoms with van der Waals surface area (Å²) in [5.41, 5.74) is -0.274. The second kappa shape index (κ2) is 4.50. The Balaban J connectivity index is 3.22. The third kappa shape index (κ3) is 2.49. The molecule has 1 aromatic rings. The Morgan fingerprint density at radius 2 is 2.23 bits per heavy atom. The monoisotopic (exact) mass is 363 g/mol. The van der Waals surface area contributed by atoms with Gasteiger partial charge in [-0.2, -0.15) is 0 Å². The van der Waals surface area contributed by atoms with Crippen LogP contribution in [0.2, 0.25) is 0 Å². The van der Waals surface area contributed by atoms with E-state index < -0.39 is 6.43 Å². The second-order valence-corrected chi connectivity index (χ2v) is 3.97. The molecule has 0 N–H and O–H groups in total. The Bertz CT molecular complexity index is 322. The van der Waals surface area contributed by atoms with Gasteiger partial charge in [0.25, 0.3) is 6.43 Å². The van der Waals surface area contributed by atoms with Crippen LogP contribution in [0.3, 0.4) is 0 Å².